The Labute approximate surface area is 126 Å². The summed E-state index contributed by atoms with van der Waals surface area (Å²) in [6.45, 7) is 8.77. The molecule has 0 amide bonds. The molecule has 2 rings (SSSR count). The van der Waals surface area contributed by atoms with E-state index >= 15 is 0 Å². The molecule has 1 aromatic heterocycles. The number of rotatable bonds is 4. The van der Waals surface area contributed by atoms with Crippen LogP contribution in [0.25, 0.3) is 0 Å². The fourth-order valence-electron chi connectivity index (χ4n) is 3.07. The van der Waals surface area contributed by atoms with Crippen LogP contribution in [-0.2, 0) is 6.54 Å². The molecule has 0 unspecified atom stereocenters. The van der Waals surface area contributed by atoms with Crippen molar-refractivity contribution in [1.29, 1.82) is 0 Å². The van der Waals surface area contributed by atoms with Crippen LogP contribution in [0.2, 0.25) is 0 Å². The Bertz CT molecular complexity index is 531. The molecule has 0 radical (unpaired) electrons. The minimum atomic E-state index is -0.307. The Balaban J connectivity index is 2.01. The fraction of sp³-hybridized carbons (Fsp3) is 0.688. The van der Waals surface area contributed by atoms with Gasteiger partial charge in [-0.2, -0.15) is 0 Å². The van der Waals surface area contributed by atoms with Crippen LogP contribution in [0.4, 0.5) is 5.69 Å². The van der Waals surface area contributed by atoms with Crippen LogP contribution in [0.15, 0.2) is 6.20 Å². The third kappa shape index (κ3) is 3.79. The topological polar surface area (TPSA) is 68.1 Å². The van der Waals surface area contributed by atoms with E-state index in [1.54, 1.807) is 20.0 Å². The van der Waals surface area contributed by atoms with Crippen LogP contribution >= 0.6 is 0 Å². The molecule has 0 bridgehead atoms. The zero-order valence-electron chi connectivity index (χ0n) is 13.4. The maximum absolute atomic E-state index is 11.1. The van der Waals surface area contributed by atoms with Gasteiger partial charge in [-0.25, -0.2) is 0 Å². The molecule has 5 nitrogen and oxygen atoms in total. The molecule has 1 aromatic rings. The van der Waals surface area contributed by atoms with Crippen LogP contribution in [0.1, 0.15) is 56.4 Å². The van der Waals surface area contributed by atoms with Crippen molar-refractivity contribution in [1.82, 2.24) is 10.3 Å². The monoisotopic (exact) mass is 291 g/mol. The number of nitrogens with one attached hydrogen (secondary N) is 1. The van der Waals surface area contributed by atoms with Crippen molar-refractivity contribution in [3.63, 3.8) is 0 Å². The second-order valence-corrected chi connectivity index (χ2v) is 6.94. The van der Waals surface area contributed by atoms with Crippen LogP contribution in [0, 0.1) is 29.4 Å². The highest BCUT2D eigenvalue weighted by Crippen LogP contribution is 2.35. The molecule has 0 atom stereocenters. The van der Waals surface area contributed by atoms with Crippen LogP contribution in [0.5, 0.6) is 0 Å². The van der Waals surface area contributed by atoms with E-state index in [1.807, 2.05) is 0 Å². The van der Waals surface area contributed by atoms with Gasteiger partial charge in [-0.15, -0.1) is 0 Å². The predicted molar refractivity (Wildman–Crippen MR) is 83.2 cm³/mol. The SMILES string of the molecule is Cc1cnc(CNC2CCC(C)(C)CC2)c(C)c1[N+](=O)[O-]. The summed E-state index contributed by atoms with van der Waals surface area (Å²) >= 11 is 0. The van der Waals surface area contributed by atoms with E-state index in [0.29, 0.717) is 29.1 Å². The van der Waals surface area contributed by atoms with Gasteiger partial charge in [0, 0.05) is 29.9 Å². The van der Waals surface area contributed by atoms with Crippen molar-refractivity contribution in [2.24, 2.45) is 5.41 Å². The molecule has 0 aliphatic heterocycles. The minimum Gasteiger partial charge on any atom is -0.308 e. The summed E-state index contributed by atoms with van der Waals surface area (Å²) in [6.07, 6.45) is 6.39. The number of aryl methyl sites for hydroxylation is 1. The van der Waals surface area contributed by atoms with Gasteiger partial charge in [0.05, 0.1) is 10.6 Å². The number of nitrogens with zero attached hydrogens (tertiary/aromatic N) is 2. The predicted octanol–water partition coefficient (Wildman–Crippen LogP) is 3.67. The van der Waals surface area contributed by atoms with Gasteiger partial charge in [0.25, 0.3) is 5.69 Å². The maximum Gasteiger partial charge on any atom is 0.278 e. The van der Waals surface area contributed by atoms with Gasteiger partial charge < -0.3 is 5.32 Å². The van der Waals surface area contributed by atoms with Crippen molar-refractivity contribution in [3.8, 4) is 0 Å². The van der Waals surface area contributed by atoms with Crippen LogP contribution < -0.4 is 5.32 Å². The van der Waals surface area contributed by atoms with Crippen LogP contribution in [-0.4, -0.2) is 15.9 Å². The van der Waals surface area contributed by atoms with Crippen molar-refractivity contribution in [2.45, 2.75) is 66.0 Å². The number of hydrogen-bond acceptors (Lipinski definition) is 4. The van der Waals surface area contributed by atoms with Gasteiger partial charge in [0.2, 0.25) is 0 Å². The first-order valence-corrected chi connectivity index (χ1v) is 7.63. The Morgan fingerprint density at radius 3 is 2.57 bits per heavy atom. The lowest BCUT2D eigenvalue weighted by Gasteiger charge is -2.34. The van der Waals surface area contributed by atoms with E-state index in [9.17, 15) is 10.1 Å². The van der Waals surface area contributed by atoms with E-state index in [1.165, 1.54) is 25.7 Å². The Morgan fingerprint density at radius 1 is 1.38 bits per heavy atom. The Morgan fingerprint density at radius 2 is 2.00 bits per heavy atom. The van der Waals surface area contributed by atoms with E-state index in [2.05, 4.69) is 24.1 Å². The number of nitro groups is 1. The molecule has 0 saturated heterocycles. The van der Waals surface area contributed by atoms with Crippen molar-refractivity contribution < 1.29 is 4.92 Å². The molecule has 5 heteroatoms. The van der Waals surface area contributed by atoms with Gasteiger partial charge in [-0.05, 0) is 44.9 Å². The van der Waals surface area contributed by atoms with Crippen molar-refractivity contribution >= 4 is 5.69 Å². The summed E-state index contributed by atoms with van der Waals surface area (Å²) in [6, 6.07) is 0.500. The largest absolute Gasteiger partial charge is 0.308 e. The Hall–Kier alpha value is -1.49. The van der Waals surface area contributed by atoms with E-state index in [4.69, 9.17) is 0 Å². The average molecular weight is 291 g/mol. The molecule has 21 heavy (non-hydrogen) atoms. The molecule has 1 aliphatic rings. The van der Waals surface area contributed by atoms with E-state index in [0.717, 1.165) is 5.69 Å². The summed E-state index contributed by atoms with van der Waals surface area (Å²) in [5.41, 5.74) is 2.75. The summed E-state index contributed by atoms with van der Waals surface area (Å²) < 4.78 is 0. The molecule has 116 valence electrons. The summed E-state index contributed by atoms with van der Waals surface area (Å²) in [5, 5.41) is 14.6. The van der Waals surface area contributed by atoms with E-state index < -0.39 is 0 Å². The third-order valence-corrected chi connectivity index (χ3v) is 4.66. The highest BCUT2D eigenvalue weighted by atomic mass is 16.6. The maximum atomic E-state index is 11.1. The lowest BCUT2D eigenvalue weighted by atomic mass is 9.75. The molecular weight excluding hydrogens is 266 g/mol. The second kappa shape index (κ2) is 6.10. The fourth-order valence-corrected chi connectivity index (χ4v) is 3.07. The molecule has 1 N–H and O–H groups in total. The van der Waals surface area contributed by atoms with Gasteiger partial charge in [0.1, 0.15) is 0 Å². The number of aromatic nitrogens is 1. The standard InChI is InChI=1S/C16H25N3O2/c1-11-9-18-14(12(2)15(11)19(20)21)10-17-13-5-7-16(3,4)8-6-13/h9,13,17H,5-8,10H2,1-4H3. The van der Waals surface area contributed by atoms with E-state index in [-0.39, 0.29) is 10.6 Å². The first kappa shape index (κ1) is 15.9. The molecule has 1 fully saturated rings. The normalized spacial score (nSPS) is 18.7. The number of hydrogen-bond donors (Lipinski definition) is 1. The van der Waals surface area contributed by atoms with Crippen LogP contribution in [0.3, 0.4) is 0 Å². The molecule has 0 aromatic carbocycles. The third-order valence-electron chi connectivity index (χ3n) is 4.66. The first-order chi connectivity index (χ1) is 9.80. The summed E-state index contributed by atoms with van der Waals surface area (Å²) in [7, 11) is 0. The first-order valence-electron chi connectivity index (χ1n) is 7.63. The highest BCUT2D eigenvalue weighted by Gasteiger charge is 2.27. The summed E-state index contributed by atoms with van der Waals surface area (Å²) in [4.78, 5) is 15.2. The molecular formula is C16H25N3O2. The van der Waals surface area contributed by atoms with Gasteiger partial charge in [-0.3, -0.25) is 15.1 Å². The lowest BCUT2D eigenvalue weighted by molar-refractivity contribution is -0.386. The minimum absolute atomic E-state index is 0.201. The van der Waals surface area contributed by atoms with Gasteiger partial charge in [-0.1, -0.05) is 13.8 Å². The second-order valence-electron chi connectivity index (χ2n) is 6.94. The molecule has 0 spiro atoms. The quantitative estimate of drug-likeness (QED) is 0.679. The average Bonchev–Trinajstić information content (AvgIpc) is 2.39. The smallest absolute Gasteiger partial charge is 0.278 e. The van der Waals surface area contributed by atoms with Gasteiger partial charge in [0.15, 0.2) is 0 Å². The zero-order valence-corrected chi connectivity index (χ0v) is 13.4. The Kier molecular flexibility index (Phi) is 4.61. The van der Waals surface area contributed by atoms with Crippen molar-refractivity contribution in [2.75, 3.05) is 0 Å². The highest BCUT2D eigenvalue weighted by molar-refractivity contribution is 5.47. The number of pyridine rings is 1. The van der Waals surface area contributed by atoms with Gasteiger partial charge >= 0.3 is 0 Å². The van der Waals surface area contributed by atoms with Crippen molar-refractivity contribution in [3.05, 3.63) is 33.1 Å². The lowest BCUT2D eigenvalue weighted by Crippen LogP contribution is -2.35. The molecule has 1 saturated carbocycles. The molecule has 1 aliphatic carbocycles. The molecule has 1 heterocycles. The zero-order chi connectivity index (χ0) is 15.6. The summed E-state index contributed by atoms with van der Waals surface area (Å²) in [5.74, 6) is 0.